The Hall–Kier alpha value is -2.92. The lowest BCUT2D eigenvalue weighted by Crippen LogP contribution is -2.28. The van der Waals surface area contributed by atoms with Crippen molar-refractivity contribution in [2.24, 2.45) is 14.1 Å². The normalized spacial score (nSPS) is 18.0. The molecule has 0 fully saturated rings. The number of hydrogen-bond acceptors (Lipinski definition) is 9. The van der Waals surface area contributed by atoms with Crippen molar-refractivity contribution in [3.8, 4) is 5.88 Å². The Balaban J connectivity index is 0.000000193. The third-order valence-electron chi connectivity index (χ3n) is 7.54. The summed E-state index contributed by atoms with van der Waals surface area (Å²) in [7, 11) is -2.48. The van der Waals surface area contributed by atoms with Gasteiger partial charge in [-0.05, 0) is 60.4 Å². The fourth-order valence-corrected chi connectivity index (χ4v) is 8.85. The number of nitrogens with one attached hydrogen (secondary N) is 3. The van der Waals surface area contributed by atoms with E-state index in [4.69, 9.17) is 23.2 Å². The molecule has 0 saturated carbocycles. The second-order valence-corrected chi connectivity index (χ2v) is 15.6. The number of thioether (sulfide) groups is 2. The summed E-state index contributed by atoms with van der Waals surface area (Å²) in [6.45, 7) is 5.25. The van der Waals surface area contributed by atoms with Gasteiger partial charge in [0, 0.05) is 48.7 Å². The zero-order chi connectivity index (χ0) is 34.3. The van der Waals surface area contributed by atoms with Crippen molar-refractivity contribution >= 4 is 68.5 Å². The van der Waals surface area contributed by atoms with Crippen LogP contribution in [0.3, 0.4) is 0 Å². The van der Waals surface area contributed by atoms with Gasteiger partial charge in [-0.15, -0.1) is 28.6 Å². The van der Waals surface area contributed by atoms with Crippen LogP contribution in [0.4, 0.5) is 24.8 Å². The third-order valence-corrected chi connectivity index (χ3v) is 11.5. The van der Waals surface area contributed by atoms with Crippen LogP contribution in [0.1, 0.15) is 43.9 Å². The lowest BCUT2D eigenvalue weighted by atomic mass is 10.0. The van der Waals surface area contributed by atoms with Crippen LogP contribution in [0.15, 0.2) is 41.2 Å². The molecule has 2 aliphatic heterocycles. The van der Waals surface area contributed by atoms with Crippen LogP contribution in [0, 0.1) is 13.8 Å². The van der Waals surface area contributed by atoms with Gasteiger partial charge in [0.2, 0.25) is 0 Å². The number of hydrogen-bond donors (Lipinski definition) is 3. The number of alkyl halides is 3. The molecule has 2 aromatic carbocycles. The first-order chi connectivity index (χ1) is 22.1. The fourth-order valence-electron chi connectivity index (χ4n) is 5.40. The molecule has 0 bridgehead atoms. The summed E-state index contributed by atoms with van der Waals surface area (Å²) in [4.78, 5) is 12.2. The minimum absolute atomic E-state index is 0.0243. The summed E-state index contributed by atoms with van der Waals surface area (Å²) in [5, 5.41) is 13.9. The van der Waals surface area contributed by atoms with E-state index in [2.05, 4.69) is 25.0 Å². The first kappa shape index (κ1) is 35.4. The predicted molar refractivity (Wildman–Crippen MR) is 183 cm³/mol. The van der Waals surface area contributed by atoms with E-state index < -0.39 is 26.8 Å². The molecule has 0 saturated heterocycles. The average Bonchev–Trinajstić information content (AvgIpc) is 3.22. The number of aromatic nitrogens is 4. The topological polar surface area (TPSA) is 123 Å². The first-order valence-corrected chi connectivity index (χ1v) is 18.4. The van der Waals surface area contributed by atoms with Crippen molar-refractivity contribution in [2.75, 3.05) is 35.2 Å². The maximum atomic E-state index is 12.8. The van der Waals surface area contributed by atoms with Crippen molar-refractivity contribution in [3.05, 3.63) is 90.2 Å². The van der Waals surface area contributed by atoms with E-state index in [0.29, 0.717) is 23.1 Å². The van der Waals surface area contributed by atoms with E-state index in [1.54, 1.807) is 34.6 Å². The molecule has 4 heterocycles. The van der Waals surface area contributed by atoms with Crippen molar-refractivity contribution in [1.29, 1.82) is 0 Å². The molecule has 0 amide bonds. The number of benzene rings is 2. The number of aryl methyl sites for hydroxylation is 4. The maximum absolute atomic E-state index is 12.8. The zero-order valence-corrected chi connectivity index (χ0v) is 29.5. The van der Waals surface area contributed by atoms with E-state index in [-0.39, 0.29) is 16.4 Å². The molecule has 0 spiro atoms. The molecule has 254 valence electrons. The highest BCUT2D eigenvalue weighted by Gasteiger charge is 2.50. The standard InChI is InChI=1S/C15H15ClF3N3O3S2.C14H16ClN3OS/c1-8-7-9(16)3-4-10(8)12-11-13(20-5-6-26-12)22(2)21-14(11)25-27(23,24)15(17,18)19;1-8-7-9(15)3-4-10(8)12-11-13(16-5-6-20-12)18(2)17-14(11)19/h3-4,7,12,20H,5-6H2,1-2H3;3-4,7,12,16H,5-6H2,1-2H3,(H,17,19). The van der Waals surface area contributed by atoms with E-state index >= 15 is 0 Å². The van der Waals surface area contributed by atoms with E-state index in [1.807, 2.05) is 39.1 Å². The fraction of sp³-hybridized carbons (Fsp3) is 0.379. The highest BCUT2D eigenvalue weighted by atomic mass is 35.5. The van der Waals surface area contributed by atoms with Gasteiger partial charge < -0.3 is 14.8 Å². The lowest BCUT2D eigenvalue weighted by molar-refractivity contribution is -0.0501. The SMILES string of the molecule is Cc1cc(Cl)ccc1C1SCCNc2c1c(=O)[nH]n2C.Cc1cc(Cl)ccc1C1SCCNc2c1c(OS(=O)(=O)C(F)(F)F)nn2C. The molecule has 2 aromatic heterocycles. The number of rotatable bonds is 4. The molecular formula is C29H31Cl2F3N6O4S3. The minimum Gasteiger partial charge on any atom is -0.369 e. The number of nitrogens with zero attached hydrogens (tertiary/aromatic N) is 3. The van der Waals surface area contributed by atoms with Gasteiger partial charge >= 0.3 is 15.6 Å². The van der Waals surface area contributed by atoms with Gasteiger partial charge in [0.15, 0.2) is 0 Å². The Labute approximate surface area is 287 Å². The molecule has 4 aromatic rings. The van der Waals surface area contributed by atoms with Crippen molar-refractivity contribution in [2.45, 2.75) is 29.9 Å². The molecule has 0 aliphatic carbocycles. The highest BCUT2D eigenvalue weighted by Crippen LogP contribution is 2.47. The first-order valence-electron chi connectivity index (χ1n) is 14.2. The zero-order valence-electron chi connectivity index (χ0n) is 25.5. The molecule has 2 aliphatic rings. The van der Waals surface area contributed by atoms with Gasteiger partial charge in [0.05, 0.1) is 21.6 Å². The number of fused-ring (bicyclic) bond motifs is 2. The lowest BCUT2D eigenvalue weighted by Gasteiger charge is -2.18. The molecule has 18 heteroatoms. The van der Waals surface area contributed by atoms with Crippen LogP contribution in [0.2, 0.25) is 10.0 Å². The molecule has 6 rings (SSSR count). The maximum Gasteiger partial charge on any atom is 0.534 e. The highest BCUT2D eigenvalue weighted by molar-refractivity contribution is 8.00. The van der Waals surface area contributed by atoms with Crippen LogP contribution in [0.25, 0.3) is 0 Å². The predicted octanol–water partition coefficient (Wildman–Crippen LogP) is 6.78. The number of aromatic amines is 1. The number of anilines is 2. The van der Waals surface area contributed by atoms with Crippen LogP contribution < -0.4 is 20.4 Å². The Morgan fingerprint density at radius 2 is 1.40 bits per heavy atom. The van der Waals surface area contributed by atoms with Gasteiger partial charge in [0.1, 0.15) is 11.6 Å². The van der Waals surface area contributed by atoms with Crippen LogP contribution in [0.5, 0.6) is 5.88 Å². The summed E-state index contributed by atoms with van der Waals surface area (Å²) in [6, 6.07) is 11.0. The largest absolute Gasteiger partial charge is 0.534 e. The summed E-state index contributed by atoms with van der Waals surface area (Å²) in [5.74, 6) is 2.31. The average molecular weight is 752 g/mol. The van der Waals surface area contributed by atoms with Gasteiger partial charge in [-0.3, -0.25) is 14.6 Å². The van der Waals surface area contributed by atoms with Crippen LogP contribution in [-0.4, -0.2) is 58.1 Å². The molecule has 10 nitrogen and oxygen atoms in total. The third kappa shape index (κ3) is 7.41. The van der Waals surface area contributed by atoms with Gasteiger partial charge in [-0.2, -0.15) is 21.6 Å². The summed E-state index contributed by atoms with van der Waals surface area (Å²) in [5.41, 5.74) is -0.637. The number of halogens is 5. The van der Waals surface area contributed by atoms with E-state index in [0.717, 1.165) is 51.0 Å². The second-order valence-electron chi connectivity index (χ2n) is 10.8. The molecule has 2 unspecified atom stereocenters. The van der Waals surface area contributed by atoms with Gasteiger partial charge in [0.25, 0.3) is 11.4 Å². The van der Waals surface area contributed by atoms with E-state index in [9.17, 15) is 26.4 Å². The summed E-state index contributed by atoms with van der Waals surface area (Å²) >= 11 is 15.3. The van der Waals surface area contributed by atoms with E-state index in [1.165, 1.54) is 23.5 Å². The Morgan fingerprint density at radius 1 is 0.894 bits per heavy atom. The van der Waals surface area contributed by atoms with Crippen molar-refractivity contribution in [1.82, 2.24) is 19.6 Å². The Bertz CT molecular complexity index is 1960. The molecular weight excluding hydrogens is 720 g/mol. The molecule has 47 heavy (non-hydrogen) atoms. The molecule has 2 atom stereocenters. The molecule has 3 N–H and O–H groups in total. The quantitative estimate of drug-likeness (QED) is 0.153. The van der Waals surface area contributed by atoms with Crippen LogP contribution >= 0.6 is 46.7 Å². The Morgan fingerprint density at radius 3 is 1.91 bits per heavy atom. The van der Waals surface area contributed by atoms with Crippen molar-refractivity contribution < 1.29 is 25.8 Å². The smallest absolute Gasteiger partial charge is 0.369 e. The van der Waals surface area contributed by atoms with Crippen LogP contribution in [-0.2, 0) is 24.2 Å². The monoisotopic (exact) mass is 750 g/mol. The number of H-pyrrole nitrogens is 1. The second kappa shape index (κ2) is 13.9. The summed E-state index contributed by atoms with van der Waals surface area (Å²) in [6.07, 6.45) is 0. The summed E-state index contributed by atoms with van der Waals surface area (Å²) < 4.78 is 68.8. The van der Waals surface area contributed by atoms with Crippen molar-refractivity contribution in [3.63, 3.8) is 0 Å². The van der Waals surface area contributed by atoms with Gasteiger partial charge in [-0.1, -0.05) is 35.3 Å². The minimum atomic E-state index is -5.84. The molecule has 0 radical (unpaired) electrons. The van der Waals surface area contributed by atoms with Gasteiger partial charge in [-0.25, -0.2) is 4.68 Å². The Kier molecular flexibility index (Phi) is 10.5.